The summed E-state index contributed by atoms with van der Waals surface area (Å²) < 4.78 is 0. The van der Waals surface area contributed by atoms with E-state index in [2.05, 4.69) is 50.2 Å². The standard InChI is InChI=1S/C59H55N3O5/c1-3-5-7-13-19-40(20-14-8-6-4-2)61-58(65)48-33-29-44-42-27-31-46-54-47(32-28-43(52(42)54)45-30-34-49(59(61)66)55(48)53(44)45)57(64)60(56(46)63)36-37-23-25-38(26-24-37)50-35-51(39-17-11-9-12-18-39)67-62(50)41-21-15-10-16-22-41/h9-12,15-18,21-34,40,50-51H,3-8,13-14,19-20,35-36H2,1-2H3/t50?,51-/m0/s1. The smallest absolute Gasteiger partial charge is 0.261 e. The van der Waals surface area contributed by atoms with Crippen LogP contribution in [0.3, 0.4) is 0 Å². The largest absolute Gasteiger partial charge is 0.271 e. The van der Waals surface area contributed by atoms with Crippen LogP contribution in [0, 0.1) is 0 Å². The molecular formula is C59H55N3O5. The number of unbranched alkanes of at least 4 members (excludes halogenated alkanes) is 6. The minimum atomic E-state index is -0.332. The molecule has 0 bridgehead atoms. The van der Waals surface area contributed by atoms with Crippen molar-refractivity contribution in [3.8, 4) is 0 Å². The highest BCUT2D eigenvalue weighted by Crippen LogP contribution is 2.48. The molecule has 4 amide bonds. The van der Waals surface area contributed by atoms with E-state index in [4.69, 9.17) is 4.84 Å². The Morgan fingerprint density at radius 1 is 0.493 bits per heavy atom. The van der Waals surface area contributed by atoms with Crippen LogP contribution in [0.15, 0.2) is 133 Å². The summed E-state index contributed by atoms with van der Waals surface area (Å²) >= 11 is 0. The molecule has 0 aromatic heterocycles. The molecular weight excluding hydrogens is 831 g/mol. The van der Waals surface area contributed by atoms with Gasteiger partial charge in [0.15, 0.2) is 0 Å². The predicted octanol–water partition coefficient (Wildman–Crippen LogP) is 14.1. The molecule has 8 nitrogen and oxygen atoms in total. The van der Waals surface area contributed by atoms with Gasteiger partial charge in [-0.25, -0.2) is 5.06 Å². The van der Waals surface area contributed by atoms with Crippen LogP contribution in [0.25, 0.3) is 43.1 Å². The summed E-state index contributed by atoms with van der Waals surface area (Å²) in [5.41, 5.74) is 6.12. The van der Waals surface area contributed by atoms with Gasteiger partial charge in [-0.2, -0.15) is 0 Å². The van der Waals surface area contributed by atoms with Crippen molar-refractivity contribution in [3.05, 3.63) is 172 Å². The molecule has 336 valence electrons. The zero-order chi connectivity index (χ0) is 45.8. The third-order valence-corrected chi connectivity index (χ3v) is 14.7. The highest BCUT2D eigenvalue weighted by atomic mass is 16.7. The van der Waals surface area contributed by atoms with Crippen molar-refractivity contribution >= 4 is 72.4 Å². The van der Waals surface area contributed by atoms with E-state index in [1.54, 1.807) is 4.90 Å². The number of fused-ring (bicyclic) bond motifs is 2. The number of rotatable bonds is 16. The lowest BCUT2D eigenvalue weighted by Crippen LogP contribution is -2.47. The molecule has 0 aliphatic carbocycles. The second-order valence-corrected chi connectivity index (χ2v) is 18.8. The van der Waals surface area contributed by atoms with E-state index in [0.29, 0.717) is 33.0 Å². The Balaban J connectivity index is 0.902. The molecule has 0 N–H and O–H groups in total. The lowest BCUT2D eigenvalue weighted by atomic mass is 9.82. The van der Waals surface area contributed by atoms with Crippen LogP contribution in [-0.4, -0.2) is 39.5 Å². The third-order valence-electron chi connectivity index (χ3n) is 14.7. The summed E-state index contributed by atoms with van der Waals surface area (Å²) in [4.78, 5) is 67.8. The van der Waals surface area contributed by atoms with E-state index in [-0.39, 0.29) is 48.4 Å². The molecule has 8 aromatic carbocycles. The summed E-state index contributed by atoms with van der Waals surface area (Å²) in [5, 5.41) is 8.64. The van der Waals surface area contributed by atoms with Gasteiger partial charge in [-0.05, 0) is 98.2 Å². The Hall–Kier alpha value is -6.90. The number of nitrogens with zero attached hydrogens (tertiary/aromatic N) is 3. The van der Waals surface area contributed by atoms with E-state index in [1.807, 2.05) is 102 Å². The van der Waals surface area contributed by atoms with Crippen molar-refractivity contribution in [1.82, 2.24) is 9.80 Å². The summed E-state index contributed by atoms with van der Waals surface area (Å²) in [5.74, 6) is -1.08. The quantitative estimate of drug-likeness (QED) is 0.0416. The molecule has 67 heavy (non-hydrogen) atoms. The first kappa shape index (κ1) is 42.7. The maximum Gasteiger partial charge on any atom is 0.261 e. The van der Waals surface area contributed by atoms with Gasteiger partial charge < -0.3 is 0 Å². The van der Waals surface area contributed by atoms with Gasteiger partial charge >= 0.3 is 0 Å². The van der Waals surface area contributed by atoms with Crippen molar-refractivity contribution in [2.24, 2.45) is 0 Å². The molecule has 2 atom stereocenters. The van der Waals surface area contributed by atoms with Crippen molar-refractivity contribution in [3.63, 3.8) is 0 Å². The SMILES string of the molecule is CCCCCCC(CCCCCC)N1C(=O)c2ccc3c4ccc5c6c(ccc(c7ccc(c2c37)C1=O)c64)C(=O)N(Cc1ccc(C2C[C@@H](c3ccccc3)ON2c2ccccc2)cc1)C5=O. The Morgan fingerprint density at radius 3 is 1.46 bits per heavy atom. The highest BCUT2D eigenvalue weighted by Gasteiger charge is 2.40. The first-order valence-electron chi connectivity index (χ1n) is 24.4. The number of hydrogen-bond donors (Lipinski definition) is 0. The van der Waals surface area contributed by atoms with Gasteiger partial charge in [0.25, 0.3) is 23.6 Å². The lowest BCUT2D eigenvalue weighted by molar-refractivity contribution is 0.0514. The van der Waals surface area contributed by atoms with Gasteiger partial charge in [-0.3, -0.25) is 33.8 Å². The van der Waals surface area contributed by atoms with Crippen LogP contribution in [0.1, 0.15) is 155 Å². The van der Waals surface area contributed by atoms with Crippen molar-refractivity contribution in [2.45, 2.75) is 109 Å². The molecule has 3 aliphatic heterocycles. The molecule has 11 rings (SSSR count). The topological polar surface area (TPSA) is 87.2 Å². The first-order valence-corrected chi connectivity index (χ1v) is 24.4. The maximum atomic E-state index is 14.6. The molecule has 0 radical (unpaired) electrons. The zero-order valence-corrected chi connectivity index (χ0v) is 38.3. The molecule has 3 aliphatic rings. The molecule has 3 heterocycles. The predicted molar refractivity (Wildman–Crippen MR) is 267 cm³/mol. The van der Waals surface area contributed by atoms with Gasteiger partial charge in [-0.15, -0.1) is 0 Å². The number of hydroxylamine groups is 1. The van der Waals surface area contributed by atoms with Crippen LogP contribution in [0.5, 0.6) is 0 Å². The van der Waals surface area contributed by atoms with Crippen molar-refractivity contribution in [2.75, 3.05) is 5.06 Å². The van der Waals surface area contributed by atoms with E-state index in [0.717, 1.165) is 125 Å². The number of amides is 4. The maximum absolute atomic E-state index is 14.6. The summed E-state index contributed by atoms with van der Waals surface area (Å²) in [6, 6.07) is 43.9. The fraction of sp³-hybridized carbons (Fsp3) is 0.288. The molecule has 1 unspecified atom stereocenters. The average Bonchev–Trinajstić information content (AvgIpc) is 3.82. The minimum absolute atomic E-state index is 0.0402. The number of para-hydroxylation sites is 1. The van der Waals surface area contributed by atoms with Gasteiger partial charge in [0, 0.05) is 45.5 Å². The fourth-order valence-electron chi connectivity index (χ4n) is 11.4. The molecule has 1 fully saturated rings. The Labute approximate surface area is 391 Å². The number of imide groups is 2. The number of carbonyl (C=O) groups is 4. The number of benzene rings is 8. The first-order chi connectivity index (χ1) is 32.9. The monoisotopic (exact) mass is 885 g/mol. The van der Waals surface area contributed by atoms with Crippen LogP contribution < -0.4 is 5.06 Å². The van der Waals surface area contributed by atoms with E-state index < -0.39 is 0 Å². The highest BCUT2D eigenvalue weighted by molar-refractivity contribution is 6.41. The van der Waals surface area contributed by atoms with Gasteiger partial charge in [0.1, 0.15) is 6.10 Å². The van der Waals surface area contributed by atoms with E-state index >= 15 is 0 Å². The number of anilines is 1. The van der Waals surface area contributed by atoms with Crippen LogP contribution >= 0.6 is 0 Å². The molecule has 8 aromatic rings. The van der Waals surface area contributed by atoms with E-state index in [9.17, 15) is 19.2 Å². The van der Waals surface area contributed by atoms with Crippen molar-refractivity contribution in [1.29, 1.82) is 0 Å². The molecule has 0 spiro atoms. The van der Waals surface area contributed by atoms with Gasteiger partial charge in [0.2, 0.25) is 0 Å². The zero-order valence-electron chi connectivity index (χ0n) is 38.3. The third kappa shape index (κ3) is 7.24. The summed E-state index contributed by atoms with van der Waals surface area (Å²) in [6.45, 7) is 4.52. The number of hydrogen-bond acceptors (Lipinski definition) is 6. The molecule has 1 saturated heterocycles. The second kappa shape index (κ2) is 17.7. The van der Waals surface area contributed by atoms with Crippen LogP contribution in [0.2, 0.25) is 0 Å². The molecule has 0 saturated carbocycles. The lowest BCUT2D eigenvalue weighted by Gasteiger charge is -2.35. The second-order valence-electron chi connectivity index (χ2n) is 18.8. The van der Waals surface area contributed by atoms with Crippen molar-refractivity contribution < 1.29 is 24.0 Å². The Bertz CT molecular complexity index is 3070. The Morgan fingerprint density at radius 2 is 0.970 bits per heavy atom. The summed E-state index contributed by atoms with van der Waals surface area (Å²) in [6.07, 6.45) is 11.0. The molecule has 8 heteroatoms. The van der Waals surface area contributed by atoms with Crippen LogP contribution in [0.4, 0.5) is 5.69 Å². The summed E-state index contributed by atoms with van der Waals surface area (Å²) in [7, 11) is 0. The van der Waals surface area contributed by atoms with Gasteiger partial charge in [-0.1, -0.05) is 162 Å². The Kier molecular flexibility index (Phi) is 11.3. The normalized spacial score (nSPS) is 17.2. The van der Waals surface area contributed by atoms with Crippen LogP contribution in [-0.2, 0) is 11.4 Å². The fourth-order valence-corrected chi connectivity index (χ4v) is 11.4. The van der Waals surface area contributed by atoms with Gasteiger partial charge in [0.05, 0.1) is 18.3 Å². The minimum Gasteiger partial charge on any atom is -0.271 e. The van der Waals surface area contributed by atoms with E-state index in [1.165, 1.54) is 4.90 Å². The average molecular weight is 886 g/mol. The number of carbonyl (C=O) groups excluding carboxylic acids is 4.